The number of esters is 2. The van der Waals surface area contributed by atoms with Crippen LogP contribution >= 0.6 is 0 Å². The van der Waals surface area contributed by atoms with Gasteiger partial charge in [0, 0.05) is 19.2 Å². The van der Waals surface area contributed by atoms with E-state index in [0.29, 0.717) is 29.7 Å². The Balaban J connectivity index is 2.01. The van der Waals surface area contributed by atoms with Crippen molar-refractivity contribution in [1.29, 1.82) is 0 Å². The van der Waals surface area contributed by atoms with Crippen LogP contribution in [0.1, 0.15) is 98.7 Å². The maximum atomic E-state index is 14.9. The van der Waals surface area contributed by atoms with Crippen molar-refractivity contribution in [1.82, 2.24) is 36.8 Å². The number of aliphatic hydroxyl groups excluding tert-OH is 3. The number of amides is 6. The van der Waals surface area contributed by atoms with Gasteiger partial charge in [0.15, 0.2) is 6.04 Å². The van der Waals surface area contributed by atoms with Gasteiger partial charge in [-0.15, -0.1) is 0 Å². The predicted octanol–water partition coefficient (Wildman–Crippen LogP) is 0.896. The number of aliphatic hydroxyl groups is 3. The highest BCUT2D eigenvalue weighted by Gasteiger charge is 2.41. The maximum absolute atomic E-state index is 14.9. The number of benzene rings is 2. The maximum Gasteiger partial charge on any atom is 0.332 e. The zero-order chi connectivity index (χ0) is 57.1. The second kappa shape index (κ2) is 29.9. The number of nitrogens with one attached hydrogen (secondary N) is 6. The average molecular weight is 1080 g/mol. The molecule has 0 aliphatic carbocycles. The molecule has 5 rings (SSSR count). The molecule has 2 aromatic rings. The van der Waals surface area contributed by atoms with Gasteiger partial charge in [-0.25, -0.2) is 4.79 Å². The molecule has 0 spiro atoms. The third kappa shape index (κ3) is 18.1. The molecule has 0 saturated carbocycles. The molecule has 2 aromatic carbocycles. The van der Waals surface area contributed by atoms with Crippen LogP contribution in [0, 0.1) is 17.8 Å². The predicted molar refractivity (Wildman–Crippen MR) is 282 cm³/mol. The lowest BCUT2D eigenvalue weighted by molar-refractivity contribution is -0.160. The van der Waals surface area contributed by atoms with Crippen molar-refractivity contribution in [3.05, 3.63) is 77.9 Å². The van der Waals surface area contributed by atoms with E-state index in [9.17, 15) is 53.7 Å². The monoisotopic (exact) mass is 1080 g/mol. The quantitative estimate of drug-likeness (QED) is 0.0938. The summed E-state index contributed by atoms with van der Waals surface area (Å²) in [4.78, 5) is 115. The number of unbranched alkanes of at least 4 members (excludes halogenated alkanes) is 1. The van der Waals surface area contributed by atoms with Gasteiger partial charge in [-0.1, -0.05) is 96.8 Å². The molecular formula is C55H81N7O15. The molecule has 426 valence electrons. The van der Waals surface area contributed by atoms with Crippen molar-refractivity contribution in [3.63, 3.8) is 0 Å². The number of ether oxygens (including phenoxy) is 4. The molecule has 1 fully saturated rings. The summed E-state index contributed by atoms with van der Waals surface area (Å²) in [5, 5.41) is 48.6. The lowest BCUT2D eigenvalue weighted by atomic mass is 9.93. The number of carbonyl (C=O) groups excluding carboxylic acids is 8. The standard InChI is InChI=1S/C55H81N7O15/c1-11-13-25-75-55(30-63)24-23-43(65)56-27-44(66)74-29-41-54(73)76-35(8)47(61-49(68)33(6)48(67)31(3)4)53(72)59-45(32(5)12-2)51(70)57-40(38-19-21-39(22-20-38)77-36(55)9)28-62(10)42(26-37-17-15-14-16-18-37)50(69)60-46(34(7)64)52(71)58-41/h14-24,31-36,40-42,45-48,63-64,67H,11-13,25-30H2,1-10H3,(H,56,65)(H,57,70)(H,58,71)(H,59,72)(H,60,69)(H,61,68)/b24-23+/t32?,33-,34-,35-,36-,40-,41+,42+,45-,46-,47+,48-,55+/m1/s1. The van der Waals surface area contributed by atoms with Gasteiger partial charge in [-0.3, -0.25) is 38.5 Å². The number of rotatable bonds is 14. The molecule has 22 heteroatoms. The number of cyclic esters (lactones) is 1. The number of fused-ring (bicyclic) bond motifs is 11. The number of hydrogen-bond acceptors (Lipinski definition) is 16. The van der Waals surface area contributed by atoms with E-state index in [0.717, 1.165) is 12.5 Å². The van der Waals surface area contributed by atoms with Gasteiger partial charge in [0.1, 0.15) is 54.8 Å². The van der Waals surface area contributed by atoms with Crippen LogP contribution in [0.2, 0.25) is 0 Å². The molecule has 3 aliphatic rings. The van der Waals surface area contributed by atoms with Gasteiger partial charge < -0.3 is 66.2 Å². The van der Waals surface area contributed by atoms with E-state index in [1.54, 1.807) is 94.2 Å². The Morgan fingerprint density at radius 1 is 0.831 bits per heavy atom. The third-order valence-corrected chi connectivity index (χ3v) is 14.0. The zero-order valence-electron chi connectivity index (χ0n) is 45.9. The molecule has 1 saturated heterocycles. The third-order valence-electron chi connectivity index (χ3n) is 14.0. The molecule has 9 N–H and O–H groups in total. The second-order valence-electron chi connectivity index (χ2n) is 20.4. The van der Waals surface area contributed by atoms with Crippen LogP contribution in [0.15, 0.2) is 66.7 Å². The number of carbonyl (C=O) groups is 8. The van der Waals surface area contributed by atoms with E-state index in [1.165, 1.54) is 26.8 Å². The fourth-order valence-corrected chi connectivity index (χ4v) is 8.65. The molecule has 4 bridgehead atoms. The molecule has 1 unspecified atom stereocenters. The molecule has 77 heavy (non-hydrogen) atoms. The first kappa shape index (κ1) is 63.1. The van der Waals surface area contributed by atoms with Crippen molar-refractivity contribution in [2.45, 2.75) is 154 Å². The van der Waals surface area contributed by atoms with Crippen LogP contribution in [0.25, 0.3) is 0 Å². The summed E-state index contributed by atoms with van der Waals surface area (Å²) in [5.41, 5.74) is -0.354. The first-order chi connectivity index (χ1) is 36.4. The Labute approximate surface area is 451 Å². The summed E-state index contributed by atoms with van der Waals surface area (Å²) in [6, 6.07) is 6.85. The summed E-state index contributed by atoms with van der Waals surface area (Å²) in [5.74, 6) is -9.23. The largest absolute Gasteiger partial charge is 0.487 e. The topological polar surface area (TPSA) is 310 Å². The van der Waals surface area contributed by atoms with E-state index in [4.69, 9.17) is 18.9 Å². The van der Waals surface area contributed by atoms with Gasteiger partial charge in [0.05, 0.1) is 36.8 Å². The Kier molecular flexibility index (Phi) is 24.5. The van der Waals surface area contributed by atoms with E-state index in [1.807, 2.05) is 13.8 Å². The minimum Gasteiger partial charge on any atom is -0.487 e. The Bertz CT molecular complexity index is 2340. The van der Waals surface area contributed by atoms with Crippen molar-refractivity contribution in [3.8, 4) is 5.75 Å². The highest BCUT2D eigenvalue weighted by Crippen LogP contribution is 2.27. The average Bonchev–Trinajstić information content (AvgIpc) is 3.40. The molecule has 3 heterocycles. The summed E-state index contributed by atoms with van der Waals surface area (Å²) in [6.45, 7) is 12.2. The van der Waals surface area contributed by atoms with Gasteiger partial charge in [0.25, 0.3) is 0 Å². The molecule has 0 aromatic heterocycles. The molecule has 0 radical (unpaired) electrons. The smallest absolute Gasteiger partial charge is 0.332 e. The highest BCUT2D eigenvalue weighted by molar-refractivity contribution is 5.95. The molecule has 22 nitrogen and oxygen atoms in total. The van der Waals surface area contributed by atoms with Crippen LogP contribution in [0.5, 0.6) is 5.75 Å². The first-order valence-corrected chi connectivity index (χ1v) is 26.4. The normalized spacial score (nSPS) is 28.1. The summed E-state index contributed by atoms with van der Waals surface area (Å²) >= 11 is 0. The van der Waals surface area contributed by atoms with Crippen molar-refractivity contribution in [2.24, 2.45) is 17.8 Å². The molecule has 13 atom stereocenters. The van der Waals surface area contributed by atoms with Crippen LogP contribution < -0.4 is 36.6 Å². The van der Waals surface area contributed by atoms with E-state index in [2.05, 4.69) is 31.9 Å². The molecule has 6 amide bonds. The van der Waals surface area contributed by atoms with Crippen LogP contribution in [-0.2, 0) is 59.0 Å². The minimum atomic E-state index is -1.92. The molecule has 3 aliphatic heterocycles. The van der Waals surface area contributed by atoms with Crippen LogP contribution in [-0.4, -0.2) is 168 Å². The SMILES string of the molecule is CCCCO[C@]1(CO)/C=C/C(=O)NCC(=O)OC[C@@H]2NC(=O)[C@@H]([C@@H](C)O)NC(=O)[C@H](Cc3ccccc3)N(C)C[C@@H](NC(=O)[C@@H](C(C)CC)NC(=O)[C@@H](NC(=O)[C@H](C)[C@H](O)C(C)C)[C@@H](C)OC2=O)c2ccc(cc2)O[C@@H]1C. The highest BCUT2D eigenvalue weighted by atomic mass is 16.6. The van der Waals surface area contributed by atoms with Gasteiger partial charge in [-0.05, 0) is 81.8 Å². The Morgan fingerprint density at radius 3 is 2.08 bits per heavy atom. The van der Waals surface area contributed by atoms with Crippen molar-refractivity contribution in [2.75, 3.05) is 40.0 Å². The number of nitrogens with zero attached hydrogens (tertiary/aromatic N) is 1. The van der Waals surface area contributed by atoms with Crippen LogP contribution in [0.4, 0.5) is 0 Å². The fraction of sp³-hybridized carbons (Fsp3) is 0.600. The summed E-state index contributed by atoms with van der Waals surface area (Å²) < 4.78 is 23.7. The van der Waals surface area contributed by atoms with Crippen molar-refractivity contribution >= 4 is 47.4 Å². The van der Waals surface area contributed by atoms with E-state index in [-0.39, 0.29) is 25.5 Å². The number of hydrogen-bond donors (Lipinski definition) is 9. The van der Waals surface area contributed by atoms with Gasteiger partial charge >= 0.3 is 11.9 Å². The first-order valence-electron chi connectivity index (χ1n) is 26.4. The minimum absolute atomic E-state index is 0.0643. The Hall–Kier alpha value is -6.46. The van der Waals surface area contributed by atoms with Crippen molar-refractivity contribution < 1.29 is 72.6 Å². The Morgan fingerprint density at radius 2 is 1.47 bits per heavy atom. The summed E-state index contributed by atoms with van der Waals surface area (Å²) in [6.07, 6.45) is -1.10. The van der Waals surface area contributed by atoms with Gasteiger partial charge in [-0.2, -0.15) is 0 Å². The fourth-order valence-electron chi connectivity index (χ4n) is 8.65. The lowest BCUT2D eigenvalue weighted by Gasteiger charge is -2.35. The lowest BCUT2D eigenvalue weighted by Crippen LogP contribution is -2.61. The number of likely N-dealkylation sites (N-methyl/N-ethyl adjacent to an activating group) is 1. The second-order valence-corrected chi connectivity index (χ2v) is 20.4. The zero-order valence-corrected chi connectivity index (χ0v) is 45.9. The van der Waals surface area contributed by atoms with E-state index >= 15 is 0 Å². The summed E-state index contributed by atoms with van der Waals surface area (Å²) in [7, 11) is 1.64. The van der Waals surface area contributed by atoms with Gasteiger partial charge in [0.2, 0.25) is 35.4 Å². The molecular weight excluding hydrogens is 999 g/mol. The van der Waals surface area contributed by atoms with E-state index < -0.39 is 145 Å². The van der Waals surface area contributed by atoms with Crippen LogP contribution in [0.3, 0.4) is 0 Å².